The summed E-state index contributed by atoms with van der Waals surface area (Å²) >= 11 is 0. The third-order valence-electron chi connectivity index (χ3n) is 5.24. The number of para-hydroxylation sites is 2. The number of methoxy groups -OCH3 is 2. The Labute approximate surface area is 172 Å². The minimum atomic E-state index is -0.157. The van der Waals surface area contributed by atoms with E-state index in [0.717, 1.165) is 28.5 Å². The highest BCUT2D eigenvalue weighted by Gasteiger charge is 2.25. The van der Waals surface area contributed by atoms with Crippen molar-refractivity contribution in [3.63, 3.8) is 0 Å². The summed E-state index contributed by atoms with van der Waals surface area (Å²) in [6, 6.07) is 14.0. The quantitative estimate of drug-likeness (QED) is 0.544. The van der Waals surface area contributed by atoms with Crippen molar-refractivity contribution in [2.24, 2.45) is 5.92 Å². The fourth-order valence-electron chi connectivity index (χ4n) is 3.71. The first kappa shape index (κ1) is 20.8. The van der Waals surface area contributed by atoms with Gasteiger partial charge in [-0.2, -0.15) is 0 Å². The van der Waals surface area contributed by atoms with Crippen LogP contribution in [-0.2, 0) is 4.79 Å². The van der Waals surface area contributed by atoms with E-state index < -0.39 is 0 Å². The molecule has 1 aromatic heterocycles. The van der Waals surface area contributed by atoms with Gasteiger partial charge >= 0.3 is 0 Å². The number of aromatic amines is 1. The van der Waals surface area contributed by atoms with Crippen LogP contribution in [0.15, 0.2) is 48.7 Å². The average Bonchev–Trinajstić information content (AvgIpc) is 3.15. The van der Waals surface area contributed by atoms with Gasteiger partial charge < -0.3 is 19.8 Å². The molecular weight excluding hydrogens is 364 g/mol. The summed E-state index contributed by atoms with van der Waals surface area (Å²) in [5.41, 5.74) is 3.07. The molecule has 3 aromatic rings. The lowest BCUT2D eigenvalue weighted by Gasteiger charge is -2.21. The van der Waals surface area contributed by atoms with Gasteiger partial charge in [-0.05, 0) is 30.0 Å². The van der Waals surface area contributed by atoms with Crippen LogP contribution >= 0.6 is 0 Å². The molecule has 3 rings (SSSR count). The Bertz CT molecular complexity index is 962. The Hall–Kier alpha value is -2.95. The topological polar surface area (TPSA) is 63.3 Å². The Kier molecular flexibility index (Phi) is 6.81. The van der Waals surface area contributed by atoms with Crippen LogP contribution in [0.5, 0.6) is 11.5 Å². The van der Waals surface area contributed by atoms with Crippen molar-refractivity contribution in [2.75, 3.05) is 20.8 Å². The Morgan fingerprint density at radius 1 is 1.03 bits per heavy atom. The van der Waals surface area contributed by atoms with Crippen LogP contribution in [0.1, 0.15) is 43.7 Å². The molecule has 1 amide bonds. The molecule has 29 heavy (non-hydrogen) atoms. The molecule has 1 heterocycles. The summed E-state index contributed by atoms with van der Waals surface area (Å²) in [5, 5.41) is 4.18. The van der Waals surface area contributed by atoms with Gasteiger partial charge in [0.15, 0.2) is 11.5 Å². The Morgan fingerprint density at radius 3 is 2.55 bits per heavy atom. The molecule has 2 aromatic carbocycles. The second-order valence-corrected chi connectivity index (χ2v) is 7.66. The van der Waals surface area contributed by atoms with Gasteiger partial charge in [-0.3, -0.25) is 4.79 Å². The number of amides is 1. The number of hydrogen-bond donors (Lipinski definition) is 2. The summed E-state index contributed by atoms with van der Waals surface area (Å²) in [4.78, 5) is 16.1. The van der Waals surface area contributed by atoms with Crippen LogP contribution in [0.25, 0.3) is 10.9 Å². The number of carbonyl (C=O) groups is 1. The lowest BCUT2D eigenvalue weighted by Crippen LogP contribution is -2.27. The van der Waals surface area contributed by atoms with E-state index in [0.29, 0.717) is 30.4 Å². The van der Waals surface area contributed by atoms with Crippen molar-refractivity contribution in [1.29, 1.82) is 0 Å². The van der Waals surface area contributed by atoms with E-state index in [1.165, 1.54) is 0 Å². The van der Waals surface area contributed by atoms with Crippen molar-refractivity contribution in [3.8, 4) is 11.5 Å². The van der Waals surface area contributed by atoms with Gasteiger partial charge in [0, 0.05) is 41.5 Å². The SMILES string of the molecule is COc1cccc(C(CC(=O)NCCC(C)C)c2c[nH]c3ccccc23)c1OC. The van der Waals surface area contributed by atoms with Gasteiger partial charge in [-0.15, -0.1) is 0 Å². The molecule has 0 aliphatic rings. The number of ether oxygens (including phenoxy) is 2. The number of hydrogen-bond acceptors (Lipinski definition) is 3. The average molecular weight is 395 g/mol. The van der Waals surface area contributed by atoms with Gasteiger partial charge in [-0.25, -0.2) is 0 Å². The molecule has 0 bridgehead atoms. The smallest absolute Gasteiger partial charge is 0.220 e. The maximum absolute atomic E-state index is 12.8. The number of fused-ring (bicyclic) bond motifs is 1. The number of benzene rings is 2. The van der Waals surface area contributed by atoms with E-state index in [1.54, 1.807) is 14.2 Å². The van der Waals surface area contributed by atoms with Gasteiger partial charge in [-0.1, -0.05) is 44.2 Å². The maximum Gasteiger partial charge on any atom is 0.220 e. The molecule has 0 saturated heterocycles. The molecule has 154 valence electrons. The molecule has 0 saturated carbocycles. The van der Waals surface area contributed by atoms with Crippen LogP contribution in [0, 0.1) is 5.92 Å². The van der Waals surface area contributed by atoms with E-state index in [-0.39, 0.29) is 11.8 Å². The van der Waals surface area contributed by atoms with E-state index in [1.807, 2.05) is 42.6 Å². The molecular formula is C24H30N2O3. The first-order valence-corrected chi connectivity index (χ1v) is 10.1. The first-order chi connectivity index (χ1) is 14.0. The lowest BCUT2D eigenvalue weighted by molar-refractivity contribution is -0.121. The number of rotatable bonds is 9. The highest BCUT2D eigenvalue weighted by molar-refractivity contribution is 5.86. The van der Waals surface area contributed by atoms with Crippen LogP contribution < -0.4 is 14.8 Å². The fourth-order valence-corrected chi connectivity index (χ4v) is 3.71. The van der Waals surface area contributed by atoms with Crippen molar-refractivity contribution in [3.05, 3.63) is 59.8 Å². The zero-order valence-electron chi connectivity index (χ0n) is 17.6. The van der Waals surface area contributed by atoms with Crippen molar-refractivity contribution in [2.45, 2.75) is 32.6 Å². The molecule has 2 N–H and O–H groups in total. The zero-order valence-corrected chi connectivity index (χ0v) is 17.6. The van der Waals surface area contributed by atoms with Crippen molar-refractivity contribution < 1.29 is 14.3 Å². The van der Waals surface area contributed by atoms with Crippen LogP contribution in [0.3, 0.4) is 0 Å². The van der Waals surface area contributed by atoms with Crippen LogP contribution in [0.4, 0.5) is 0 Å². The third-order valence-corrected chi connectivity index (χ3v) is 5.24. The summed E-state index contributed by atoms with van der Waals surface area (Å²) in [5.74, 6) is 1.76. The van der Waals surface area contributed by atoms with Gasteiger partial charge in [0.1, 0.15) is 0 Å². The minimum Gasteiger partial charge on any atom is -0.493 e. The molecule has 1 unspecified atom stereocenters. The number of nitrogens with one attached hydrogen (secondary N) is 2. The van der Waals surface area contributed by atoms with E-state index >= 15 is 0 Å². The predicted octanol–water partition coefficient (Wildman–Crippen LogP) is 4.87. The summed E-state index contributed by atoms with van der Waals surface area (Å²) in [7, 11) is 3.26. The lowest BCUT2D eigenvalue weighted by atomic mass is 9.87. The molecule has 1 atom stereocenters. The Balaban J connectivity index is 2.00. The monoisotopic (exact) mass is 394 g/mol. The molecule has 0 fully saturated rings. The number of H-pyrrole nitrogens is 1. The maximum atomic E-state index is 12.8. The molecule has 5 heteroatoms. The second kappa shape index (κ2) is 9.50. The van der Waals surface area contributed by atoms with Gasteiger partial charge in [0.25, 0.3) is 0 Å². The first-order valence-electron chi connectivity index (χ1n) is 10.1. The van der Waals surface area contributed by atoms with E-state index in [9.17, 15) is 4.79 Å². The number of carbonyl (C=O) groups excluding carboxylic acids is 1. The van der Waals surface area contributed by atoms with Gasteiger partial charge in [0.2, 0.25) is 5.91 Å². The summed E-state index contributed by atoms with van der Waals surface area (Å²) < 4.78 is 11.2. The molecule has 5 nitrogen and oxygen atoms in total. The van der Waals surface area contributed by atoms with Crippen molar-refractivity contribution in [1.82, 2.24) is 10.3 Å². The molecule has 0 aliphatic carbocycles. The summed E-state index contributed by atoms with van der Waals surface area (Å²) in [6.45, 7) is 5.00. The van der Waals surface area contributed by atoms with Gasteiger partial charge in [0.05, 0.1) is 14.2 Å². The van der Waals surface area contributed by atoms with Crippen molar-refractivity contribution >= 4 is 16.8 Å². The Morgan fingerprint density at radius 2 is 1.83 bits per heavy atom. The molecule has 0 aliphatic heterocycles. The summed E-state index contributed by atoms with van der Waals surface area (Å²) in [6.07, 6.45) is 3.30. The second-order valence-electron chi connectivity index (χ2n) is 7.66. The fraction of sp³-hybridized carbons (Fsp3) is 0.375. The van der Waals surface area contributed by atoms with Crippen LogP contribution in [0.2, 0.25) is 0 Å². The minimum absolute atomic E-state index is 0.0332. The standard InChI is InChI=1S/C24H30N2O3/c1-16(2)12-13-25-23(27)14-19(18-9-7-11-22(28-3)24(18)29-4)20-15-26-21-10-6-5-8-17(20)21/h5-11,15-16,19,26H,12-14H2,1-4H3,(H,25,27). The largest absolute Gasteiger partial charge is 0.493 e. The predicted molar refractivity (Wildman–Crippen MR) is 117 cm³/mol. The molecule has 0 radical (unpaired) electrons. The highest BCUT2D eigenvalue weighted by Crippen LogP contribution is 2.41. The highest BCUT2D eigenvalue weighted by atomic mass is 16.5. The van der Waals surface area contributed by atoms with E-state index in [4.69, 9.17) is 9.47 Å². The van der Waals surface area contributed by atoms with Crippen LogP contribution in [-0.4, -0.2) is 31.7 Å². The number of aromatic nitrogens is 1. The third kappa shape index (κ3) is 4.73. The molecule has 0 spiro atoms. The van der Waals surface area contributed by atoms with E-state index in [2.05, 4.69) is 30.2 Å². The normalized spacial score (nSPS) is 12.2. The zero-order chi connectivity index (χ0) is 20.8.